The molecule has 1 aromatic heterocycles. The quantitative estimate of drug-likeness (QED) is 0.682. The molecule has 2 rings (SSSR count). The van der Waals surface area contributed by atoms with Crippen LogP contribution in [0.1, 0.15) is 52.3 Å². The summed E-state index contributed by atoms with van der Waals surface area (Å²) in [4.78, 5) is 26.8. The van der Waals surface area contributed by atoms with E-state index in [1.807, 2.05) is 0 Å². The zero-order valence-corrected chi connectivity index (χ0v) is 14.6. The molecule has 0 radical (unpaired) electrons. The highest BCUT2D eigenvalue weighted by Crippen LogP contribution is 2.15. The Hall–Kier alpha value is -2.21. The lowest BCUT2D eigenvalue weighted by Gasteiger charge is -2.02. The SMILES string of the molecule is Cc1ccc(Cc2nc(C(=O)NCCCCCC(=O)O)cs2)cc1. The number of carbonyl (C=O) groups excluding carboxylic acids is 1. The first-order valence-electron chi connectivity index (χ1n) is 8.04. The Labute approximate surface area is 145 Å². The van der Waals surface area contributed by atoms with Crippen molar-refractivity contribution in [3.63, 3.8) is 0 Å². The van der Waals surface area contributed by atoms with Crippen molar-refractivity contribution in [2.24, 2.45) is 0 Å². The number of carboxylic acid groups (broad SMARTS) is 1. The van der Waals surface area contributed by atoms with Crippen molar-refractivity contribution >= 4 is 23.2 Å². The molecular formula is C18H22N2O3S. The molecule has 5 nitrogen and oxygen atoms in total. The summed E-state index contributed by atoms with van der Waals surface area (Å²) in [6.45, 7) is 2.60. The average molecular weight is 346 g/mol. The highest BCUT2D eigenvalue weighted by Gasteiger charge is 2.10. The standard InChI is InChI=1S/C18H22N2O3S/c1-13-6-8-14(9-7-13)11-16-20-15(12-24-16)18(23)19-10-4-2-3-5-17(21)22/h6-9,12H,2-5,10-11H2,1H3,(H,19,23)(H,21,22). The van der Waals surface area contributed by atoms with Gasteiger partial charge in [0.1, 0.15) is 5.69 Å². The summed E-state index contributed by atoms with van der Waals surface area (Å²) in [6, 6.07) is 8.29. The monoisotopic (exact) mass is 346 g/mol. The lowest BCUT2D eigenvalue weighted by Crippen LogP contribution is -2.24. The number of aromatic nitrogens is 1. The summed E-state index contributed by atoms with van der Waals surface area (Å²) >= 11 is 1.49. The molecule has 1 aromatic carbocycles. The summed E-state index contributed by atoms with van der Waals surface area (Å²) < 4.78 is 0. The zero-order chi connectivity index (χ0) is 17.4. The minimum atomic E-state index is -0.775. The first-order valence-corrected chi connectivity index (χ1v) is 8.92. The van der Waals surface area contributed by atoms with Crippen LogP contribution in [0.25, 0.3) is 0 Å². The van der Waals surface area contributed by atoms with E-state index >= 15 is 0 Å². The number of nitrogens with one attached hydrogen (secondary N) is 1. The highest BCUT2D eigenvalue weighted by atomic mass is 32.1. The summed E-state index contributed by atoms with van der Waals surface area (Å²) in [5.41, 5.74) is 2.86. The van der Waals surface area contributed by atoms with Crippen molar-refractivity contribution in [3.05, 3.63) is 51.5 Å². The van der Waals surface area contributed by atoms with E-state index in [4.69, 9.17) is 5.11 Å². The van der Waals surface area contributed by atoms with Crippen LogP contribution in [0.4, 0.5) is 0 Å². The molecule has 0 atom stereocenters. The molecule has 1 heterocycles. The predicted molar refractivity (Wildman–Crippen MR) is 94.5 cm³/mol. The van der Waals surface area contributed by atoms with E-state index in [2.05, 4.69) is 41.5 Å². The molecule has 0 fully saturated rings. The summed E-state index contributed by atoms with van der Waals surface area (Å²) in [7, 11) is 0. The van der Waals surface area contributed by atoms with E-state index < -0.39 is 5.97 Å². The van der Waals surface area contributed by atoms with Crippen molar-refractivity contribution < 1.29 is 14.7 Å². The van der Waals surface area contributed by atoms with Crippen molar-refractivity contribution in [1.29, 1.82) is 0 Å². The fraction of sp³-hybridized carbons (Fsp3) is 0.389. The van der Waals surface area contributed by atoms with Gasteiger partial charge in [0.15, 0.2) is 0 Å². The number of hydrogen-bond acceptors (Lipinski definition) is 4. The third kappa shape index (κ3) is 6.12. The Bertz CT molecular complexity index is 680. The van der Waals surface area contributed by atoms with E-state index in [1.165, 1.54) is 22.5 Å². The predicted octanol–water partition coefficient (Wildman–Crippen LogP) is 3.42. The fourth-order valence-electron chi connectivity index (χ4n) is 2.25. The second kappa shape index (κ2) is 9.17. The highest BCUT2D eigenvalue weighted by molar-refractivity contribution is 7.09. The molecular weight excluding hydrogens is 324 g/mol. The maximum Gasteiger partial charge on any atom is 0.303 e. The molecule has 0 aliphatic heterocycles. The second-order valence-electron chi connectivity index (χ2n) is 5.75. The normalized spacial score (nSPS) is 10.5. The van der Waals surface area contributed by atoms with Gasteiger partial charge in [-0.05, 0) is 25.3 Å². The van der Waals surface area contributed by atoms with Crippen molar-refractivity contribution in [1.82, 2.24) is 10.3 Å². The first-order chi connectivity index (χ1) is 11.5. The van der Waals surface area contributed by atoms with Crippen LogP contribution >= 0.6 is 11.3 Å². The van der Waals surface area contributed by atoms with Crippen LogP contribution in [-0.2, 0) is 11.2 Å². The number of benzene rings is 1. The Morgan fingerprint density at radius 3 is 2.62 bits per heavy atom. The van der Waals surface area contributed by atoms with Crippen LogP contribution in [0.5, 0.6) is 0 Å². The number of aliphatic carboxylic acids is 1. The van der Waals surface area contributed by atoms with E-state index in [0.29, 0.717) is 18.7 Å². The molecule has 0 spiro atoms. The lowest BCUT2D eigenvalue weighted by molar-refractivity contribution is -0.137. The molecule has 24 heavy (non-hydrogen) atoms. The van der Waals surface area contributed by atoms with Gasteiger partial charge < -0.3 is 10.4 Å². The number of nitrogens with zero attached hydrogens (tertiary/aromatic N) is 1. The van der Waals surface area contributed by atoms with Gasteiger partial charge in [0, 0.05) is 24.8 Å². The van der Waals surface area contributed by atoms with Gasteiger partial charge >= 0.3 is 5.97 Å². The maximum atomic E-state index is 12.0. The van der Waals surface area contributed by atoms with Gasteiger partial charge in [0.2, 0.25) is 0 Å². The molecule has 0 unspecified atom stereocenters. The number of thiazole rings is 1. The van der Waals surface area contributed by atoms with Crippen LogP contribution < -0.4 is 5.32 Å². The van der Waals surface area contributed by atoms with E-state index in [0.717, 1.165) is 24.3 Å². The minimum Gasteiger partial charge on any atom is -0.481 e. The topological polar surface area (TPSA) is 79.3 Å². The smallest absolute Gasteiger partial charge is 0.303 e. The molecule has 6 heteroatoms. The van der Waals surface area contributed by atoms with Crippen LogP contribution in [0, 0.1) is 6.92 Å². The van der Waals surface area contributed by atoms with Gasteiger partial charge in [-0.2, -0.15) is 0 Å². The third-order valence-electron chi connectivity index (χ3n) is 3.61. The molecule has 2 aromatic rings. The summed E-state index contributed by atoms with van der Waals surface area (Å²) in [6.07, 6.45) is 3.13. The second-order valence-corrected chi connectivity index (χ2v) is 6.69. The number of aryl methyl sites for hydroxylation is 1. The lowest BCUT2D eigenvalue weighted by atomic mass is 10.1. The van der Waals surface area contributed by atoms with Crippen molar-refractivity contribution in [3.8, 4) is 0 Å². The molecule has 0 aliphatic rings. The molecule has 0 aliphatic carbocycles. The number of carbonyl (C=O) groups is 2. The van der Waals surface area contributed by atoms with Crippen LogP contribution in [0.15, 0.2) is 29.6 Å². The molecule has 128 valence electrons. The third-order valence-corrected chi connectivity index (χ3v) is 4.46. The van der Waals surface area contributed by atoms with Crippen molar-refractivity contribution in [2.75, 3.05) is 6.54 Å². The molecule has 0 bridgehead atoms. The van der Waals surface area contributed by atoms with Gasteiger partial charge in [0.05, 0.1) is 5.01 Å². The van der Waals surface area contributed by atoms with Gasteiger partial charge in [-0.3, -0.25) is 9.59 Å². The zero-order valence-electron chi connectivity index (χ0n) is 13.7. The van der Waals surface area contributed by atoms with Gasteiger partial charge in [-0.25, -0.2) is 4.98 Å². The van der Waals surface area contributed by atoms with Gasteiger partial charge in [-0.1, -0.05) is 36.2 Å². The van der Waals surface area contributed by atoms with E-state index in [1.54, 1.807) is 5.38 Å². The van der Waals surface area contributed by atoms with Gasteiger partial charge in [-0.15, -0.1) is 11.3 Å². The van der Waals surface area contributed by atoms with Crippen LogP contribution in [0.2, 0.25) is 0 Å². The molecule has 2 N–H and O–H groups in total. The van der Waals surface area contributed by atoms with Gasteiger partial charge in [0.25, 0.3) is 5.91 Å². The number of rotatable bonds is 9. The Morgan fingerprint density at radius 2 is 1.92 bits per heavy atom. The first kappa shape index (κ1) is 18.1. The Morgan fingerprint density at radius 1 is 1.17 bits per heavy atom. The molecule has 1 amide bonds. The Balaban J connectivity index is 1.74. The molecule has 0 saturated carbocycles. The number of carboxylic acids is 1. The largest absolute Gasteiger partial charge is 0.481 e. The van der Waals surface area contributed by atoms with Crippen LogP contribution in [0.3, 0.4) is 0 Å². The Kier molecular flexibility index (Phi) is 6.93. The summed E-state index contributed by atoms with van der Waals surface area (Å²) in [5.74, 6) is -0.942. The number of hydrogen-bond donors (Lipinski definition) is 2. The molecule has 0 saturated heterocycles. The number of amides is 1. The van der Waals surface area contributed by atoms with Crippen molar-refractivity contribution in [2.45, 2.75) is 39.0 Å². The fourth-order valence-corrected chi connectivity index (χ4v) is 3.06. The average Bonchev–Trinajstić information content (AvgIpc) is 3.01. The summed E-state index contributed by atoms with van der Waals surface area (Å²) in [5, 5.41) is 14.1. The minimum absolute atomic E-state index is 0.167. The van der Waals surface area contributed by atoms with Crippen LogP contribution in [-0.4, -0.2) is 28.5 Å². The van der Waals surface area contributed by atoms with E-state index in [9.17, 15) is 9.59 Å². The maximum absolute atomic E-state index is 12.0. The number of unbranched alkanes of at least 4 members (excludes halogenated alkanes) is 2. The van der Waals surface area contributed by atoms with E-state index in [-0.39, 0.29) is 12.3 Å².